The number of fused-ring (bicyclic) bond motifs is 1. The number of rotatable bonds is 1. The molecule has 0 fully saturated rings. The van der Waals surface area contributed by atoms with Crippen molar-refractivity contribution in [2.75, 3.05) is 0 Å². The first-order valence-electron chi connectivity index (χ1n) is 5.76. The lowest BCUT2D eigenvalue weighted by Crippen LogP contribution is -1.99. The summed E-state index contributed by atoms with van der Waals surface area (Å²) < 4.78 is 2.22. The van der Waals surface area contributed by atoms with Crippen molar-refractivity contribution in [1.29, 1.82) is 0 Å². The lowest BCUT2D eigenvalue weighted by Gasteiger charge is -2.09. The zero-order valence-corrected chi connectivity index (χ0v) is 10.0. The number of hydrogen-bond donors (Lipinski definition) is 0. The molecule has 17 heavy (non-hydrogen) atoms. The van der Waals surface area contributed by atoms with E-state index in [-0.39, 0.29) is 0 Å². The van der Waals surface area contributed by atoms with Crippen molar-refractivity contribution in [3.05, 3.63) is 60.0 Å². The molecule has 3 aromatic rings. The molecule has 0 aliphatic carbocycles. The van der Waals surface area contributed by atoms with Crippen LogP contribution in [0, 0.1) is 13.8 Å². The smallest absolute Gasteiger partial charge is 0.0703 e. The number of hydrogen-bond acceptors (Lipinski definition) is 1. The average molecular weight is 222 g/mol. The summed E-state index contributed by atoms with van der Waals surface area (Å²) in [5.41, 5.74) is 4.64. The number of para-hydroxylation sites is 1. The second-order valence-electron chi connectivity index (χ2n) is 4.34. The minimum Gasteiger partial charge on any atom is -0.317 e. The third-order valence-corrected chi connectivity index (χ3v) is 3.11. The Labute approximate surface area is 101 Å². The van der Waals surface area contributed by atoms with E-state index in [1.54, 1.807) is 0 Å². The SMILES string of the molecule is Cc1ccc(C)n1-c1cnc2ccccc2c1. The number of pyridine rings is 1. The van der Waals surface area contributed by atoms with E-state index in [2.05, 4.69) is 47.7 Å². The highest BCUT2D eigenvalue weighted by Crippen LogP contribution is 2.19. The summed E-state index contributed by atoms with van der Waals surface area (Å²) in [6.45, 7) is 4.23. The highest BCUT2D eigenvalue weighted by molar-refractivity contribution is 5.80. The van der Waals surface area contributed by atoms with Crippen LogP contribution in [0.3, 0.4) is 0 Å². The third-order valence-electron chi connectivity index (χ3n) is 3.11. The Hall–Kier alpha value is -2.09. The van der Waals surface area contributed by atoms with E-state index < -0.39 is 0 Å². The molecule has 0 spiro atoms. The van der Waals surface area contributed by atoms with E-state index in [0.29, 0.717) is 0 Å². The van der Waals surface area contributed by atoms with Gasteiger partial charge in [0.1, 0.15) is 0 Å². The van der Waals surface area contributed by atoms with E-state index >= 15 is 0 Å². The molecule has 0 aliphatic rings. The zero-order chi connectivity index (χ0) is 11.8. The molecule has 2 heterocycles. The minimum absolute atomic E-state index is 1.04. The van der Waals surface area contributed by atoms with Crippen LogP contribution in [0.5, 0.6) is 0 Å². The first kappa shape index (κ1) is 10.1. The standard InChI is InChI=1S/C15H14N2/c1-11-7-8-12(2)17(11)14-9-13-5-3-4-6-15(13)16-10-14/h3-10H,1-2H3. The molecule has 1 aromatic carbocycles. The lowest BCUT2D eigenvalue weighted by molar-refractivity contribution is 0.960. The van der Waals surface area contributed by atoms with E-state index in [1.807, 2.05) is 24.4 Å². The minimum atomic E-state index is 1.04. The Bertz CT molecular complexity index is 661. The molecule has 0 radical (unpaired) electrons. The molecule has 0 bridgehead atoms. The van der Waals surface area contributed by atoms with E-state index in [1.165, 1.54) is 16.8 Å². The molecule has 0 saturated heterocycles. The Balaban J connectivity index is 2.25. The predicted molar refractivity (Wildman–Crippen MR) is 70.5 cm³/mol. The van der Waals surface area contributed by atoms with Gasteiger partial charge in [-0.15, -0.1) is 0 Å². The summed E-state index contributed by atoms with van der Waals surface area (Å²) in [5.74, 6) is 0. The molecule has 2 aromatic heterocycles. The van der Waals surface area contributed by atoms with Crippen LogP contribution in [0.1, 0.15) is 11.4 Å². The van der Waals surface area contributed by atoms with Crippen molar-refractivity contribution < 1.29 is 0 Å². The normalized spacial score (nSPS) is 10.9. The van der Waals surface area contributed by atoms with E-state index in [9.17, 15) is 0 Å². The predicted octanol–water partition coefficient (Wildman–Crippen LogP) is 3.64. The fourth-order valence-corrected chi connectivity index (χ4v) is 2.26. The van der Waals surface area contributed by atoms with Crippen LogP contribution < -0.4 is 0 Å². The Morgan fingerprint density at radius 1 is 0.941 bits per heavy atom. The number of nitrogens with zero attached hydrogens (tertiary/aromatic N) is 2. The maximum atomic E-state index is 4.50. The second-order valence-corrected chi connectivity index (χ2v) is 4.34. The van der Waals surface area contributed by atoms with Crippen molar-refractivity contribution in [1.82, 2.24) is 9.55 Å². The Morgan fingerprint density at radius 3 is 2.41 bits per heavy atom. The van der Waals surface area contributed by atoms with Gasteiger partial charge in [0.05, 0.1) is 17.4 Å². The van der Waals surface area contributed by atoms with Crippen molar-refractivity contribution in [3.8, 4) is 5.69 Å². The van der Waals surface area contributed by atoms with Gasteiger partial charge in [0.2, 0.25) is 0 Å². The molecular weight excluding hydrogens is 208 g/mol. The van der Waals surface area contributed by atoms with Gasteiger partial charge < -0.3 is 4.57 Å². The quantitative estimate of drug-likeness (QED) is 0.614. The molecular formula is C15H14N2. The third kappa shape index (κ3) is 1.62. The van der Waals surface area contributed by atoms with Gasteiger partial charge in [-0.3, -0.25) is 4.98 Å². The fourth-order valence-electron chi connectivity index (χ4n) is 2.26. The van der Waals surface area contributed by atoms with E-state index in [0.717, 1.165) is 11.2 Å². The van der Waals surface area contributed by atoms with Gasteiger partial charge in [-0.1, -0.05) is 18.2 Å². The van der Waals surface area contributed by atoms with Gasteiger partial charge >= 0.3 is 0 Å². The molecule has 2 heteroatoms. The van der Waals surface area contributed by atoms with Crippen molar-refractivity contribution in [2.24, 2.45) is 0 Å². The Kier molecular flexibility index (Phi) is 2.22. The number of aromatic nitrogens is 2. The molecule has 2 nitrogen and oxygen atoms in total. The second kappa shape index (κ2) is 3.74. The largest absolute Gasteiger partial charge is 0.317 e. The van der Waals surface area contributed by atoms with Crippen LogP contribution in [0.2, 0.25) is 0 Å². The number of benzene rings is 1. The summed E-state index contributed by atoms with van der Waals surface area (Å²) in [5, 5.41) is 1.18. The fraction of sp³-hybridized carbons (Fsp3) is 0.133. The van der Waals surface area contributed by atoms with Gasteiger partial charge in [-0.25, -0.2) is 0 Å². The summed E-state index contributed by atoms with van der Waals surface area (Å²) >= 11 is 0. The maximum Gasteiger partial charge on any atom is 0.0703 e. The van der Waals surface area contributed by atoms with Crippen LogP contribution in [0.15, 0.2) is 48.7 Å². The molecule has 0 saturated carbocycles. The highest BCUT2D eigenvalue weighted by atomic mass is 15.0. The van der Waals surface area contributed by atoms with Crippen LogP contribution >= 0.6 is 0 Å². The summed E-state index contributed by atoms with van der Waals surface area (Å²) in [7, 11) is 0. The summed E-state index contributed by atoms with van der Waals surface area (Å²) in [6.07, 6.45) is 1.93. The topological polar surface area (TPSA) is 17.8 Å². The molecule has 0 unspecified atom stereocenters. The lowest BCUT2D eigenvalue weighted by atomic mass is 10.2. The molecule has 0 aliphatic heterocycles. The first-order valence-corrected chi connectivity index (χ1v) is 5.76. The van der Waals surface area contributed by atoms with Gasteiger partial charge in [-0.05, 0) is 38.1 Å². The van der Waals surface area contributed by atoms with Crippen molar-refractivity contribution >= 4 is 10.9 Å². The molecule has 84 valence electrons. The van der Waals surface area contributed by atoms with Crippen LogP contribution in [-0.2, 0) is 0 Å². The van der Waals surface area contributed by atoms with Crippen LogP contribution in [0.4, 0.5) is 0 Å². The van der Waals surface area contributed by atoms with Crippen LogP contribution in [0.25, 0.3) is 16.6 Å². The number of aryl methyl sites for hydroxylation is 2. The summed E-state index contributed by atoms with van der Waals surface area (Å²) in [6, 6.07) is 14.6. The molecule has 0 N–H and O–H groups in total. The molecule has 3 rings (SSSR count). The van der Waals surface area contributed by atoms with Crippen LogP contribution in [-0.4, -0.2) is 9.55 Å². The molecule has 0 amide bonds. The van der Waals surface area contributed by atoms with Crippen molar-refractivity contribution in [3.63, 3.8) is 0 Å². The van der Waals surface area contributed by atoms with Crippen molar-refractivity contribution in [2.45, 2.75) is 13.8 Å². The van der Waals surface area contributed by atoms with Gasteiger partial charge in [0.15, 0.2) is 0 Å². The monoisotopic (exact) mass is 222 g/mol. The van der Waals surface area contributed by atoms with Gasteiger partial charge in [-0.2, -0.15) is 0 Å². The molecule has 0 atom stereocenters. The summed E-state index contributed by atoms with van der Waals surface area (Å²) in [4.78, 5) is 4.50. The highest BCUT2D eigenvalue weighted by Gasteiger charge is 2.04. The van der Waals surface area contributed by atoms with Gasteiger partial charge in [0, 0.05) is 16.8 Å². The first-order chi connectivity index (χ1) is 8.25. The van der Waals surface area contributed by atoms with Gasteiger partial charge in [0.25, 0.3) is 0 Å². The average Bonchev–Trinajstić information content (AvgIpc) is 2.68. The Morgan fingerprint density at radius 2 is 1.65 bits per heavy atom. The zero-order valence-electron chi connectivity index (χ0n) is 10.0. The van der Waals surface area contributed by atoms with E-state index in [4.69, 9.17) is 0 Å². The maximum absolute atomic E-state index is 4.50.